The molecule has 18 heavy (non-hydrogen) atoms. The molecule has 0 aliphatic rings. The summed E-state index contributed by atoms with van der Waals surface area (Å²) in [6, 6.07) is 6.73. The van der Waals surface area contributed by atoms with E-state index in [0.717, 1.165) is 24.2 Å². The lowest BCUT2D eigenvalue weighted by molar-refractivity contribution is 0.0697. The normalized spacial score (nSPS) is 10.6. The largest absolute Gasteiger partial charge is 0.478 e. The summed E-state index contributed by atoms with van der Waals surface area (Å²) in [5.74, 6) is 0.546. The summed E-state index contributed by atoms with van der Waals surface area (Å²) in [6.07, 6.45) is 1.81. The van der Waals surface area contributed by atoms with E-state index in [2.05, 4.69) is 17.0 Å². The summed E-state index contributed by atoms with van der Waals surface area (Å²) >= 11 is 0. The lowest BCUT2D eigenvalue weighted by Crippen LogP contribution is -1.98. The minimum Gasteiger partial charge on any atom is -0.478 e. The van der Waals surface area contributed by atoms with Gasteiger partial charge in [-0.2, -0.15) is 5.10 Å². The average Bonchev–Trinajstić information content (AvgIpc) is 2.71. The van der Waals surface area contributed by atoms with Crippen molar-refractivity contribution < 1.29 is 9.90 Å². The average molecular weight is 245 g/mol. The number of aromatic carboxylic acids is 1. The van der Waals surface area contributed by atoms with E-state index in [1.54, 1.807) is 22.9 Å². The zero-order valence-corrected chi connectivity index (χ0v) is 10.4. The van der Waals surface area contributed by atoms with Crippen LogP contribution in [-0.4, -0.2) is 25.8 Å². The summed E-state index contributed by atoms with van der Waals surface area (Å²) in [5, 5.41) is 13.3. The zero-order valence-electron chi connectivity index (χ0n) is 10.4. The fourth-order valence-corrected chi connectivity index (χ4v) is 1.81. The van der Waals surface area contributed by atoms with Gasteiger partial charge in [-0.1, -0.05) is 19.1 Å². The Kier molecular flexibility index (Phi) is 3.41. The number of aryl methyl sites for hydroxylation is 2. The molecule has 2 aromatic rings. The van der Waals surface area contributed by atoms with E-state index in [9.17, 15) is 4.79 Å². The molecule has 2 rings (SSSR count). The third-order valence-corrected chi connectivity index (χ3v) is 2.65. The molecule has 0 unspecified atom stereocenters. The highest BCUT2D eigenvalue weighted by Gasteiger charge is 2.11. The number of rotatable bonds is 4. The smallest absolute Gasteiger partial charge is 0.335 e. The molecular formula is C13H15N3O2. The first-order valence-corrected chi connectivity index (χ1v) is 5.85. The maximum atomic E-state index is 10.9. The van der Waals surface area contributed by atoms with E-state index in [-0.39, 0.29) is 5.56 Å². The van der Waals surface area contributed by atoms with Crippen LogP contribution in [0.2, 0.25) is 0 Å². The Morgan fingerprint density at radius 2 is 2.22 bits per heavy atom. The molecule has 1 aromatic heterocycles. The number of benzene rings is 1. The van der Waals surface area contributed by atoms with Gasteiger partial charge in [0, 0.05) is 19.0 Å². The molecule has 0 radical (unpaired) electrons. The van der Waals surface area contributed by atoms with E-state index < -0.39 is 5.97 Å². The minimum atomic E-state index is -0.937. The summed E-state index contributed by atoms with van der Waals surface area (Å²) < 4.78 is 1.69. The van der Waals surface area contributed by atoms with Gasteiger partial charge in [0.2, 0.25) is 0 Å². The van der Waals surface area contributed by atoms with Crippen LogP contribution in [0.1, 0.15) is 29.5 Å². The molecule has 0 amide bonds. The number of hydrogen-bond donors (Lipinski definition) is 1. The van der Waals surface area contributed by atoms with Crippen LogP contribution >= 0.6 is 0 Å². The van der Waals surface area contributed by atoms with Gasteiger partial charge in [0.05, 0.1) is 5.56 Å². The van der Waals surface area contributed by atoms with Crippen molar-refractivity contribution in [1.82, 2.24) is 14.8 Å². The van der Waals surface area contributed by atoms with Crippen LogP contribution in [0, 0.1) is 0 Å². The molecule has 1 N–H and O–H groups in total. The highest BCUT2D eigenvalue weighted by atomic mass is 16.4. The lowest BCUT2D eigenvalue weighted by Gasteiger charge is -2.01. The third kappa shape index (κ3) is 2.40. The molecule has 0 aliphatic heterocycles. The highest BCUT2D eigenvalue weighted by Crippen LogP contribution is 2.18. The summed E-state index contributed by atoms with van der Waals surface area (Å²) in [4.78, 5) is 15.4. The van der Waals surface area contributed by atoms with Crippen molar-refractivity contribution in [1.29, 1.82) is 0 Å². The first-order chi connectivity index (χ1) is 8.61. The molecule has 0 bridgehead atoms. The van der Waals surface area contributed by atoms with Crippen LogP contribution < -0.4 is 0 Å². The highest BCUT2D eigenvalue weighted by molar-refractivity contribution is 5.89. The number of carboxylic acids is 1. The molecule has 0 spiro atoms. The van der Waals surface area contributed by atoms with Gasteiger partial charge in [-0.15, -0.1) is 0 Å². The molecule has 94 valence electrons. The second kappa shape index (κ2) is 5.00. The minimum absolute atomic E-state index is 0.257. The Morgan fingerprint density at radius 1 is 1.44 bits per heavy atom. The summed E-state index contributed by atoms with van der Waals surface area (Å²) in [7, 11) is 1.81. The predicted molar refractivity (Wildman–Crippen MR) is 67.4 cm³/mol. The zero-order chi connectivity index (χ0) is 13.1. The van der Waals surface area contributed by atoms with Crippen molar-refractivity contribution in [3.8, 4) is 11.4 Å². The maximum absolute atomic E-state index is 10.9. The summed E-state index contributed by atoms with van der Waals surface area (Å²) in [5.41, 5.74) is 1.03. The van der Waals surface area contributed by atoms with Crippen LogP contribution in [0.3, 0.4) is 0 Å². The Hall–Kier alpha value is -2.17. The quantitative estimate of drug-likeness (QED) is 0.896. The second-order valence-electron chi connectivity index (χ2n) is 4.11. The van der Waals surface area contributed by atoms with Gasteiger partial charge in [-0.3, -0.25) is 0 Å². The van der Waals surface area contributed by atoms with E-state index in [0.29, 0.717) is 5.82 Å². The van der Waals surface area contributed by atoms with Gasteiger partial charge >= 0.3 is 5.97 Å². The Morgan fingerprint density at radius 3 is 2.89 bits per heavy atom. The van der Waals surface area contributed by atoms with Crippen molar-refractivity contribution in [3.05, 3.63) is 35.7 Å². The Balaban J connectivity index is 2.41. The topological polar surface area (TPSA) is 68.0 Å². The molecule has 0 saturated heterocycles. The van der Waals surface area contributed by atoms with E-state index in [4.69, 9.17) is 5.11 Å². The van der Waals surface area contributed by atoms with Crippen molar-refractivity contribution in [3.63, 3.8) is 0 Å². The van der Waals surface area contributed by atoms with Crippen LogP contribution in [0.5, 0.6) is 0 Å². The van der Waals surface area contributed by atoms with Crippen LogP contribution in [0.15, 0.2) is 24.3 Å². The molecule has 5 nitrogen and oxygen atoms in total. The van der Waals surface area contributed by atoms with E-state index >= 15 is 0 Å². The van der Waals surface area contributed by atoms with Crippen molar-refractivity contribution in [2.45, 2.75) is 19.8 Å². The Labute approximate surface area is 105 Å². The predicted octanol–water partition coefficient (Wildman–Crippen LogP) is 2.13. The van der Waals surface area contributed by atoms with Crippen molar-refractivity contribution >= 4 is 5.97 Å². The molecule has 1 heterocycles. The van der Waals surface area contributed by atoms with E-state index in [1.165, 1.54) is 0 Å². The monoisotopic (exact) mass is 245 g/mol. The number of carbonyl (C=O) groups is 1. The lowest BCUT2D eigenvalue weighted by atomic mass is 10.1. The van der Waals surface area contributed by atoms with Crippen LogP contribution in [-0.2, 0) is 13.5 Å². The molecule has 0 saturated carbocycles. The molecular weight excluding hydrogens is 230 g/mol. The van der Waals surface area contributed by atoms with Crippen LogP contribution in [0.25, 0.3) is 11.4 Å². The standard InChI is InChI=1S/C13H15N3O2/c1-3-5-11-14-12(16(2)15-11)9-6-4-7-10(8-9)13(17)18/h4,6-8H,3,5H2,1-2H3,(H,17,18). The van der Waals surface area contributed by atoms with Crippen LogP contribution in [0.4, 0.5) is 0 Å². The third-order valence-electron chi connectivity index (χ3n) is 2.65. The van der Waals surface area contributed by atoms with Crippen molar-refractivity contribution in [2.75, 3.05) is 0 Å². The van der Waals surface area contributed by atoms with Gasteiger partial charge in [0.1, 0.15) is 0 Å². The van der Waals surface area contributed by atoms with E-state index in [1.807, 2.05) is 13.1 Å². The molecule has 0 atom stereocenters. The van der Waals surface area contributed by atoms with Gasteiger partial charge in [0.25, 0.3) is 0 Å². The van der Waals surface area contributed by atoms with Crippen molar-refractivity contribution in [2.24, 2.45) is 7.05 Å². The number of nitrogens with zero attached hydrogens (tertiary/aromatic N) is 3. The second-order valence-corrected chi connectivity index (χ2v) is 4.11. The first kappa shape index (κ1) is 12.3. The van der Waals surface area contributed by atoms with Gasteiger partial charge < -0.3 is 5.11 Å². The molecule has 0 fully saturated rings. The SMILES string of the molecule is CCCc1nc(-c2cccc(C(=O)O)c2)n(C)n1. The van der Waals surface area contributed by atoms with Gasteiger partial charge in [0.15, 0.2) is 11.6 Å². The molecule has 5 heteroatoms. The number of hydrogen-bond acceptors (Lipinski definition) is 3. The Bertz CT molecular complexity index is 575. The fraction of sp³-hybridized carbons (Fsp3) is 0.308. The summed E-state index contributed by atoms with van der Waals surface area (Å²) in [6.45, 7) is 2.07. The number of aromatic nitrogens is 3. The van der Waals surface area contributed by atoms with Gasteiger partial charge in [-0.25, -0.2) is 14.5 Å². The fourth-order valence-electron chi connectivity index (χ4n) is 1.81. The maximum Gasteiger partial charge on any atom is 0.335 e. The first-order valence-electron chi connectivity index (χ1n) is 5.85. The molecule has 0 aliphatic carbocycles. The molecule has 1 aromatic carbocycles. The number of carboxylic acid groups (broad SMARTS) is 1. The van der Waals surface area contributed by atoms with Gasteiger partial charge in [-0.05, 0) is 18.6 Å².